The van der Waals surface area contributed by atoms with Gasteiger partial charge in [-0.15, -0.1) is 0 Å². The molecule has 1 N–H and O–H groups in total. The van der Waals surface area contributed by atoms with E-state index in [0.29, 0.717) is 12.3 Å². The number of aromatic nitrogens is 1. The number of fused-ring (bicyclic) bond motifs is 1. The lowest BCUT2D eigenvalue weighted by Gasteiger charge is -2.21. The summed E-state index contributed by atoms with van der Waals surface area (Å²) in [5.74, 6) is 0.541. The number of nitrogens with one attached hydrogen (secondary N) is 1. The van der Waals surface area contributed by atoms with Crippen molar-refractivity contribution in [3.63, 3.8) is 0 Å². The lowest BCUT2D eigenvalue weighted by molar-refractivity contribution is 0.0917. The Kier molecular flexibility index (Phi) is 5.02. The maximum absolute atomic E-state index is 13.0. The summed E-state index contributed by atoms with van der Waals surface area (Å²) >= 11 is 0. The van der Waals surface area contributed by atoms with Crippen molar-refractivity contribution in [1.29, 1.82) is 0 Å². The number of carbonyl (C=O) groups is 1. The zero-order chi connectivity index (χ0) is 18.1. The fraction of sp³-hybridized carbons (Fsp3) is 0.474. The van der Waals surface area contributed by atoms with Crippen LogP contribution in [0.5, 0.6) is 5.75 Å². The van der Waals surface area contributed by atoms with Crippen molar-refractivity contribution in [3.8, 4) is 5.75 Å². The number of rotatable bonds is 4. The monoisotopic (exact) mass is 330 g/mol. The summed E-state index contributed by atoms with van der Waals surface area (Å²) in [4.78, 5) is 25.5. The van der Waals surface area contributed by atoms with Crippen molar-refractivity contribution in [2.45, 2.75) is 46.7 Å². The fourth-order valence-corrected chi connectivity index (χ4v) is 2.68. The number of amides is 1. The largest absolute Gasteiger partial charge is 0.495 e. The van der Waals surface area contributed by atoms with Crippen LogP contribution in [0.3, 0.4) is 0 Å². The molecule has 1 aromatic heterocycles. The third-order valence-electron chi connectivity index (χ3n) is 3.58. The van der Waals surface area contributed by atoms with E-state index < -0.39 is 5.54 Å². The smallest absolute Gasteiger partial charge is 0.264 e. The van der Waals surface area contributed by atoms with E-state index in [4.69, 9.17) is 4.74 Å². The quantitative estimate of drug-likeness (QED) is 0.936. The molecule has 0 saturated heterocycles. The Morgan fingerprint density at radius 3 is 2.50 bits per heavy atom. The number of para-hydroxylation sites is 1. The Hall–Kier alpha value is -2.30. The maximum atomic E-state index is 13.0. The van der Waals surface area contributed by atoms with Gasteiger partial charge in [0, 0.05) is 17.5 Å². The zero-order valence-electron chi connectivity index (χ0n) is 15.3. The van der Waals surface area contributed by atoms with Gasteiger partial charge in [0.1, 0.15) is 11.3 Å². The molecule has 5 heteroatoms. The second kappa shape index (κ2) is 6.67. The van der Waals surface area contributed by atoms with E-state index in [1.54, 1.807) is 17.7 Å². The molecule has 0 aliphatic carbocycles. The average Bonchev–Trinajstić information content (AvgIpc) is 2.46. The van der Waals surface area contributed by atoms with Gasteiger partial charge >= 0.3 is 0 Å². The highest BCUT2D eigenvalue weighted by molar-refractivity contribution is 5.98. The Morgan fingerprint density at radius 1 is 1.29 bits per heavy atom. The summed E-state index contributed by atoms with van der Waals surface area (Å²) in [5.41, 5.74) is 0.190. The normalized spacial score (nSPS) is 11.8. The standard InChI is InChI=1S/C19H26N2O3/c1-12(2)11-21-16-13(8-7-9-15(16)24-6)10-14(18(21)23)17(22)20-19(3,4)5/h7-10,12H,11H2,1-6H3,(H,20,22). The first-order valence-electron chi connectivity index (χ1n) is 8.17. The minimum Gasteiger partial charge on any atom is -0.495 e. The minimum absolute atomic E-state index is 0.159. The summed E-state index contributed by atoms with van der Waals surface area (Å²) < 4.78 is 7.07. The van der Waals surface area contributed by atoms with Crippen LogP contribution in [0.25, 0.3) is 10.9 Å². The minimum atomic E-state index is -0.407. The van der Waals surface area contributed by atoms with Gasteiger partial charge in [-0.3, -0.25) is 9.59 Å². The first-order valence-corrected chi connectivity index (χ1v) is 8.17. The molecule has 24 heavy (non-hydrogen) atoms. The first kappa shape index (κ1) is 18.0. The molecule has 0 spiro atoms. The lowest BCUT2D eigenvalue weighted by Crippen LogP contribution is -2.43. The van der Waals surface area contributed by atoms with E-state index in [1.165, 1.54) is 0 Å². The number of hydrogen-bond acceptors (Lipinski definition) is 3. The number of methoxy groups -OCH3 is 1. The van der Waals surface area contributed by atoms with Crippen molar-refractivity contribution in [2.24, 2.45) is 5.92 Å². The first-order chi connectivity index (χ1) is 11.1. The van der Waals surface area contributed by atoms with Gasteiger partial charge < -0.3 is 14.6 Å². The molecule has 1 amide bonds. The van der Waals surface area contributed by atoms with Crippen molar-refractivity contribution < 1.29 is 9.53 Å². The van der Waals surface area contributed by atoms with Crippen LogP contribution in [0.15, 0.2) is 29.1 Å². The van der Waals surface area contributed by atoms with E-state index in [2.05, 4.69) is 5.32 Å². The Bertz CT molecular complexity index is 814. The van der Waals surface area contributed by atoms with Crippen LogP contribution in [-0.4, -0.2) is 23.1 Å². The molecule has 0 atom stereocenters. The molecular weight excluding hydrogens is 304 g/mol. The number of hydrogen-bond donors (Lipinski definition) is 1. The Morgan fingerprint density at radius 2 is 1.96 bits per heavy atom. The van der Waals surface area contributed by atoms with E-state index in [9.17, 15) is 9.59 Å². The molecule has 1 heterocycles. The summed E-state index contributed by atoms with van der Waals surface area (Å²) in [6.45, 7) is 10.3. The summed E-state index contributed by atoms with van der Waals surface area (Å²) in [7, 11) is 1.58. The summed E-state index contributed by atoms with van der Waals surface area (Å²) in [6.07, 6.45) is 0. The van der Waals surface area contributed by atoms with Crippen LogP contribution in [0.1, 0.15) is 45.0 Å². The predicted molar refractivity (Wildman–Crippen MR) is 96.8 cm³/mol. The molecule has 2 aromatic rings. The number of benzene rings is 1. The molecule has 1 aromatic carbocycles. The van der Waals surface area contributed by atoms with E-state index in [1.807, 2.05) is 52.8 Å². The van der Waals surface area contributed by atoms with Gasteiger partial charge in [-0.2, -0.15) is 0 Å². The molecule has 0 saturated carbocycles. The number of ether oxygens (including phenoxy) is 1. The second-order valence-electron chi connectivity index (χ2n) is 7.47. The Labute approximate surface area is 142 Å². The van der Waals surface area contributed by atoms with E-state index in [0.717, 1.165) is 10.9 Å². The molecular formula is C19H26N2O3. The molecule has 0 bridgehead atoms. The maximum Gasteiger partial charge on any atom is 0.264 e. The zero-order valence-corrected chi connectivity index (χ0v) is 15.3. The lowest BCUT2D eigenvalue weighted by atomic mass is 10.1. The molecule has 2 rings (SSSR count). The SMILES string of the molecule is COc1cccc2cc(C(=O)NC(C)(C)C)c(=O)n(CC(C)C)c12. The van der Waals surface area contributed by atoms with Crippen molar-refractivity contribution >= 4 is 16.8 Å². The molecule has 0 unspecified atom stereocenters. The van der Waals surface area contributed by atoms with E-state index in [-0.39, 0.29) is 22.9 Å². The third kappa shape index (κ3) is 3.78. The van der Waals surface area contributed by atoms with Crippen LogP contribution in [0.2, 0.25) is 0 Å². The highest BCUT2D eigenvalue weighted by Gasteiger charge is 2.21. The topological polar surface area (TPSA) is 60.3 Å². The predicted octanol–water partition coefficient (Wildman–Crippen LogP) is 3.19. The fourth-order valence-electron chi connectivity index (χ4n) is 2.68. The Balaban J connectivity index is 2.74. The van der Waals surface area contributed by atoms with Crippen LogP contribution >= 0.6 is 0 Å². The van der Waals surface area contributed by atoms with Gasteiger partial charge in [0.25, 0.3) is 11.5 Å². The molecule has 5 nitrogen and oxygen atoms in total. The number of pyridine rings is 1. The van der Waals surface area contributed by atoms with Gasteiger partial charge in [0.15, 0.2) is 0 Å². The number of nitrogens with zero attached hydrogens (tertiary/aromatic N) is 1. The summed E-state index contributed by atoms with van der Waals surface area (Å²) in [5, 5.41) is 3.68. The molecule has 0 fully saturated rings. The van der Waals surface area contributed by atoms with Gasteiger partial charge in [-0.1, -0.05) is 26.0 Å². The average molecular weight is 330 g/mol. The molecule has 130 valence electrons. The highest BCUT2D eigenvalue weighted by atomic mass is 16.5. The third-order valence-corrected chi connectivity index (χ3v) is 3.58. The van der Waals surface area contributed by atoms with Crippen molar-refractivity contribution in [2.75, 3.05) is 7.11 Å². The van der Waals surface area contributed by atoms with Crippen LogP contribution in [-0.2, 0) is 6.54 Å². The second-order valence-corrected chi connectivity index (χ2v) is 7.47. The van der Waals surface area contributed by atoms with Gasteiger partial charge in [-0.05, 0) is 38.8 Å². The molecule has 0 aliphatic heterocycles. The number of carbonyl (C=O) groups excluding carboxylic acids is 1. The molecule has 0 radical (unpaired) electrons. The van der Waals surface area contributed by atoms with Crippen LogP contribution < -0.4 is 15.6 Å². The van der Waals surface area contributed by atoms with Crippen LogP contribution in [0, 0.1) is 5.92 Å². The van der Waals surface area contributed by atoms with Gasteiger partial charge in [0.2, 0.25) is 0 Å². The van der Waals surface area contributed by atoms with Crippen molar-refractivity contribution in [3.05, 3.63) is 40.2 Å². The highest BCUT2D eigenvalue weighted by Crippen LogP contribution is 2.25. The molecule has 0 aliphatic rings. The van der Waals surface area contributed by atoms with E-state index >= 15 is 0 Å². The van der Waals surface area contributed by atoms with Gasteiger partial charge in [-0.25, -0.2) is 0 Å². The van der Waals surface area contributed by atoms with Crippen molar-refractivity contribution in [1.82, 2.24) is 9.88 Å². The van der Waals surface area contributed by atoms with Gasteiger partial charge in [0.05, 0.1) is 12.6 Å². The van der Waals surface area contributed by atoms with Crippen LogP contribution in [0.4, 0.5) is 0 Å². The summed E-state index contributed by atoms with van der Waals surface area (Å²) in [6, 6.07) is 7.23.